The first-order chi connectivity index (χ1) is 9.95. The van der Waals surface area contributed by atoms with Crippen molar-refractivity contribution in [3.63, 3.8) is 0 Å². The van der Waals surface area contributed by atoms with Crippen LogP contribution in [0.15, 0.2) is 40.9 Å². The van der Waals surface area contributed by atoms with Crippen molar-refractivity contribution in [1.82, 2.24) is 5.32 Å². The fourth-order valence-electron chi connectivity index (χ4n) is 2.52. The third kappa shape index (κ3) is 4.29. The van der Waals surface area contributed by atoms with Crippen LogP contribution in [0.3, 0.4) is 0 Å². The molecule has 0 aliphatic rings. The number of hydrogen-bond donors (Lipinski definition) is 1. The Morgan fingerprint density at radius 3 is 2.48 bits per heavy atom. The summed E-state index contributed by atoms with van der Waals surface area (Å²) in [5.41, 5.74) is 1.26. The highest BCUT2D eigenvalue weighted by molar-refractivity contribution is 9.10. The summed E-state index contributed by atoms with van der Waals surface area (Å²) in [6.45, 7) is 4.27. The van der Waals surface area contributed by atoms with E-state index in [1.54, 1.807) is 7.11 Å². The van der Waals surface area contributed by atoms with Gasteiger partial charge in [0.1, 0.15) is 0 Å². The Kier molecular flexibility index (Phi) is 5.42. The van der Waals surface area contributed by atoms with Gasteiger partial charge in [-0.25, -0.2) is 0 Å². The first-order valence-electron chi connectivity index (χ1n) is 7.37. The van der Waals surface area contributed by atoms with Crippen LogP contribution in [0.2, 0.25) is 0 Å². The van der Waals surface area contributed by atoms with Gasteiger partial charge < -0.3 is 10.1 Å². The summed E-state index contributed by atoms with van der Waals surface area (Å²) < 4.78 is 6.64. The molecule has 3 heteroatoms. The number of halogens is 1. The molecule has 21 heavy (non-hydrogen) atoms. The van der Waals surface area contributed by atoms with E-state index in [0.29, 0.717) is 6.04 Å². The molecule has 0 bridgehead atoms. The Bertz CT molecular complexity index is 609. The first kappa shape index (κ1) is 16.5. The van der Waals surface area contributed by atoms with Crippen molar-refractivity contribution in [3.8, 4) is 0 Å². The Morgan fingerprint density at radius 1 is 1.14 bits per heavy atom. The molecule has 0 amide bonds. The predicted octanol–water partition coefficient (Wildman–Crippen LogP) is 5.07. The molecular formula is C18H24BrNO. The van der Waals surface area contributed by atoms with Gasteiger partial charge in [-0.05, 0) is 68.3 Å². The molecule has 2 rings (SSSR count). The Hall–Kier alpha value is -0.900. The van der Waals surface area contributed by atoms with Crippen LogP contribution in [0.4, 0.5) is 0 Å². The van der Waals surface area contributed by atoms with Crippen LogP contribution < -0.4 is 5.32 Å². The van der Waals surface area contributed by atoms with Gasteiger partial charge in [0.25, 0.3) is 0 Å². The van der Waals surface area contributed by atoms with E-state index in [1.165, 1.54) is 16.3 Å². The normalized spacial score (nSPS) is 13.6. The molecule has 2 aromatic rings. The van der Waals surface area contributed by atoms with Crippen LogP contribution in [-0.4, -0.2) is 19.8 Å². The molecule has 0 aliphatic heterocycles. The van der Waals surface area contributed by atoms with Gasteiger partial charge in [-0.1, -0.05) is 34.1 Å². The van der Waals surface area contributed by atoms with Crippen molar-refractivity contribution in [2.45, 2.75) is 38.3 Å². The lowest BCUT2D eigenvalue weighted by atomic mass is 9.94. The van der Waals surface area contributed by atoms with E-state index < -0.39 is 0 Å². The van der Waals surface area contributed by atoms with E-state index in [4.69, 9.17) is 4.74 Å². The van der Waals surface area contributed by atoms with Crippen LogP contribution in [0.1, 0.15) is 38.3 Å². The molecule has 0 saturated carbocycles. The van der Waals surface area contributed by atoms with E-state index in [1.807, 2.05) is 7.05 Å². The molecule has 1 unspecified atom stereocenters. The average Bonchev–Trinajstić information content (AvgIpc) is 2.47. The van der Waals surface area contributed by atoms with E-state index in [0.717, 1.165) is 17.3 Å². The maximum Gasteiger partial charge on any atom is 0.0623 e. The molecule has 0 radical (unpaired) electrons. The van der Waals surface area contributed by atoms with Gasteiger partial charge in [-0.3, -0.25) is 0 Å². The second-order valence-electron chi connectivity index (χ2n) is 6.09. The van der Waals surface area contributed by atoms with Gasteiger partial charge in [0.2, 0.25) is 0 Å². The summed E-state index contributed by atoms with van der Waals surface area (Å²) in [6.07, 6.45) is 2.08. The van der Waals surface area contributed by atoms with Gasteiger partial charge in [0, 0.05) is 17.6 Å². The van der Waals surface area contributed by atoms with E-state index in [9.17, 15) is 0 Å². The van der Waals surface area contributed by atoms with Gasteiger partial charge in [-0.15, -0.1) is 0 Å². The second kappa shape index (κ2) is 6.91. The predicted molar refractivity (Wildman–Crippen MR) is 93.8 cm³/mol. The minimum absolute atomic E-state index is 0.0726. The third-order valence-electron chi connectivity index (χ3n) is 4.16. The molecule has 2 nitrogen and oxygen atoms in total. The fourth-order valence-corrected chi connectivity index (χ4v) is 2.90. The quantitative estimate of drug-likeness (QED) is 0.786. The molecular weight excluding hydrogens is 326 g/mol. The van der Waals surface area contributed by atoms with Crippen molar-refractivity contribution >= 4 is 26.7 Å². The molecule has 0 fully saturated rings. The van der Waals surface area contributed by atoms with Crippen LogP contribution in [0.25, 0.3) is 10.8 Å². The summed E-state index contributed by atoms with van der Waals surface area (Å²) in [7, 11) is 3.80. The molecule has 0 aliphatic carbocycles. The van der Waals surface area contributed by atoms with E-state index in [-0.39, 0.29) is 5.60 Å². The maximum atomic E-state index is 5.52. The number of fused-ring (bicyclic) bond motifs is 1. The number of methoxy groups -OCH3 is 1. The standard InChI is InChI=1S/C18H24BrNO/c1-18(2,21-4)10-9-17(20-3)15-6-5-14-12-16(19)8-7-13(14)11-15/h5-8,11-12,17,20H,9-10H2,1-4H3. The second-order valence-corrected chi connectivity index (χ2v) is 7.01. The first-order valence-corrected chi connectivity index (χ1v) is 8.16. The number of benzene rings is 2. The highest BCUT2D eigenvalue weighted by atomic mass is 79.9. The summed E-state index contributed by atoms with van der Waals surface area (Å²) >= 11 is 3.52. The largest absolute Gasteiger partial charge is 0.379 e. The van der Waals surface area contributed by atoms with Crippen LogP contribution in [0.5, 0.6) is 0 Å². The zero-order valence-electron chi connectivity index (χ0n) is 13.2. The Labute approximate surface area is 136 Å². The lowest BCUT2D eigenvalue weighted by Crippen LogP contribution is -2.25. The third-order valence-corrected chi connectivity index (χ3v) is 4.66. The molecule has 0 aromatic heterocycles. The van der Waals surface area contributed by atoms with Crippen molar-refractivity contribution in [2.24, 2.45) is 0 Å². The van der Waals surface area contributed by atoms with Crippen molar-refractivity contribution < 1.29 is 4.74 Å². The summed E-state index contributed by atoms with van der Waals surface area (Å²) in [5, 5.41) is 5.97. The van der Waals surface area contributed by atoms with E-state index in [2.05, 4.69) is 71.5 Å². The molecule has 0 saturated heterocycles. The number of ether oxygens (including phenoxy) is 1. The number of hydrogen-bond acceptors (Lipinski definition) is 2. The zero-order valence-corrected chi connectivity index (χ0v) is 14.8. The summed E-state index contributed by atoms with van der Waals surface area (Å²) in [4.78, 5) is 0. The van der Waals surface area contributed by atoms with Crippen molar-refractivity contribution in [3.05, 3.63) is 46.4 Å². The van der Waals surface area contributed by atoms with Gasteiger partial charge in [0.15, 0.2) is 0 Å². The number of rotatable bonds is 6. The summed E-state index contributed by atoms with van der Waals surface area (Å²) in [6, 6.07) is 13.5. The highest BCUT2D eigenvalue weighted by Gasteiger charge is 2.19. The van der Waals surface area contributed by atoms with Gasteiger partial charge in [-0.2, -0.15) is 0 Å². The van der Waals surface area contributed by atoms with Crippen LogP contribution in [-0.2, 0) is 4.74 Å². The van der Waals surface area contributed by atoms with Crippen LogP contribution in [0, 0.1) is 0 Å². The molecule has 1 atom stereocenters. The molecule has 114 valence electrons. The molecule has 0 heterocycles. The van der Waals surface area contributed by atoms with E-state index >= 15 is 0 Å². The SMILES string of the molecule is CNC(CCC(C)(C)OC)c1ccc2cc(Br)ccc2c1. The topological polar surface area (TPSA) is 21.3 Å². The lowest BCUT2D eigenvalue weighted by molar-refractivity contribution is 0.0118. The average molecular weight is 350 g/mol. The highest BCUT2D eigenvalue weighted by Crippen LogP contribution is 2.27. The Morgan fingerprint density at radius 2 is 1.81 bits per heavy atom. The monoisotopic (exact) mass is 349 g/mol. The van der Waals surface area contributed by atoms with Gasteiger partial charge in [0.05, 0.1) is 5.60 Å². The summed E-state index contributed by atoms with van der Waals surface area (Å²) in [5.74, 6) is 0. The van der Waals surface area contributed by atoms with Crippen molar-refractivity contribution in [1.29, 1.82) is 0 Å². The van der Waals surface area contributed by atoms with Crippen LogP contribution >= 0.6 is 15.9 Å². The molecule has 2 aromatic carbocycles. The lowest BCUT2D eigenvalue weighted by Gasteiger charge is -2.26. The smallest absolute Gasteiger partial charge is 0.0623 e. The fraction of sp³-hybridized carbons (Fsp3) is 0.444. The minimum Gasteiger partial charge on any atom is -0.379 e. The van der Waals surface area contributed by atoms with Gasteiger partial charge >= 0.3 is 0 Å². The molecule has 1 N–H and O–H groups in total. The van der Waals surface area contributed by atoms with Crippen molar-refractivity contribution in [2.75, 3.05) is 14.2 Å². The number of nitrogens with one attached hydrogen (secondary N) is 1. The maximum absolute atomic E-state index is 5.52. The Balaban J connectivity index is 2.20. The molecule has 0 spiro atoms. The zero-order chi connectivity index (χ0) is 15.5. The minimum atomic E-state index is -0.0726.